The number of carbonyl (C=O) groups excluding carboxylic acids is 2. The van der Waals surface area contributed by atoms with E-state index in [1.165, 1.54) is 30.8 Å². The Morgan fingerprint density at radius 1 is 1.33 bits per heavy atom. The zero-order valence-electron chi connectivity index (χ0n) is 16.7. The van der Waals surface area contributed by atoms with Crippen molar-refractivity contribution in [1.82, 2.24) is 5.32 Å². The molecule has 6 nitrogen and oxygen atoms in total. The third-order valence-electron chi connectivity index (χ3n) is 4.70. The van der Waals surface area contributed by atoms with Gasteiger partial charge in [-0.2, -0.15) is 5.26 Å². The van der Waals surface area contributed by atoms with Crippen LogP contribution in [0.25, 0.3) is 0 Å². The summed E-state index contributed by atoms with van der Waals surface area (Å²) in [5.41, 5.74) is 2.28. The first-order chi connectivity index (χ1) is 14.4. The molecule has 1 fully saturated rings. The van der Waals surface area contributed by atoms with Crippen LogP contribution < -0.4 is 15.0 Å². The van der Waals surface area contributed by atoms with Gasteiger partial charge in [-0.15, -0.1) is 0 Å². The van der Waals surface area contributed by atoms with Crippen LogP contribution in [0.5, 0.6) is 5.75 Å². The Bertz CT molecular complexity index is 1080. The SMILES string of the molecule is CNC(=O)C(C#N)=C1SC(Cc2ccc(C)c(Cl)c2)C(=O)N1c1cccc(OC)c1. The molecule has 1 aliphatic rings. The predicted octanol–water partition coefficient (Wildman–Crippen LogP) is 3.83. The molecule has 2 amide bonds. The smallest absolute Gasteiger partial charge is 0.264 e. The molecule has 2 aromatic carbocycles. The first-order valence-electron chi connectivity index (χ1n) is 9.15. The summed E-state index contributed by atoms with van der Waals surface area (Å²) in [4.78, 5) is 27.1. The molecule has 1 heterocycles. The Hall–Kier alpha value is -2.95. The van der Waals surface area contributed by atoms with Crippen LogP contribution >= 0.6 is 23.4 Å². The number of methoxy groups -OCH3 is 1. The summed E-state index contributed by atoms with van der Waals surface area (Å²) in [5, 5.41) is 12.5. The van der Waals surface area contributed by atoms with E-state index in [4.69, 9.17) is 16.3 Å². The second-order valence-corrected chi connectivity index (χ2v) is 8.24. The van der Waals surface area contributed by atoms with Crippen molar-refractivity contribution >= 4 is 40.9 Å². The maximum atomic E-state index is 13.4. The van der Waals surface area contributed by atoms with Gasteiger partial charge in [0.05, 0.1) is 18.0 Å². The molecule has 1 atom stereocenters. The normalized spacial score (nSPS) is 17.5. The first-order valence-corrected chi connectivity index (χ1v) is 10.4. The van der Waals surface area contributed by atoms with Crippen molar-refractivity contribution in [1.29, 1.82) is 5.26 Å². The second kappa shape index (κ2) is 9.24. The maximum Gasteiger partial charge on any atom is 0.264 e. The Labute approximate surface area is 184 Å². The van der Waals surface area contributed by atoms with E-state index in [9.17, 15) is 14.9 Å². The highest BCUT2D eigenvalue weighted by Crippen LogP contribution is 2.42. The van der Waals surface area contributed by atoms with Crippen molar-refractivity contribution in [2.45, 2.75) is 18.6 Å². The number of anilines is 1. The summed E-state index contributed by atoms with van der Waals surface area (Å²) in [6.45, 7) is 1.91. The zero-order valence-corrected chi connectivity index (χ0v) is 18.3. The van der Waals surface area contributed by atoms with Gasteiger partial charge in [0.15, 0.2) is 0 Å². The lowest BCUT2D eigenvalue weighted by molar-refractivity contribution is -0.117. The van der Waals surface area contributed by atoms with Crippen LogP contribution in [0.15, 0.2) is 53.1 Å². The quantitative estimate of drug-likeness (QED) is 0.563. The number of hydrogen-bond acceptors (Lipinski definition) is 5. The van der Waals surface area contributed by atoms with Gasteiger partial charge < -0.3 is 10.1 Å². The van der Waals surface area contributed by atoms with Crippen LogP contribution in [0.2, 0.25) is 5.02 Å². The van der Waals surface area contributed by atoms with E-state index in [0.29, 0.717) is 27.9 Å². The van der Waals surface area contributed by atoms with Crippen LogP contribution in [0.1, 0.15) is 11.1 Å². The molecule has 0 bridgehead atoms. The van der Waals surface area contributed by atoms with Crippen molar-refractivity contribution < 1.29 is 14.3 Å². The number of nitrogens with zero attached hydrogens (tertiary/aromatic N) is 2. The fraction of sp³-hybridized carbons (Fsp3) is 0.227. The fourth-order valence-electron chi connectivity index (χ4n) is 3.07. The summed E-state index contributed by atoms with van der Waals surface area (Å²) >= 11 is 7.44. The molecule has 2 aromatic rings. The number of hydrogen-bond donors (Lipinski definition) is 1. The van der Waals surface area contributed by atoms with Crippen LogP contribution in [0.3, 0.4) is 0 Å². The number of benzene rings is 2. The summed E-state index contributed by atoms with van der Waals surface area (Å²) in [7, 11) is 2.98. The van der Waals surface area contributed by atoms with Gasteiger partial charge in [-0.05, 0) is 42.7 Å². The lowest BCUT2D eigenvalue weighted by Gasteiger charge is -2.19. The molecule has 8 heteroatoms. The van der Waals surface area contributed by atoms with Crippen molar-refractivity contribution in [3.8, 4) is 11.8 Å². The number of ether oxygens (including phenoxy) is 1. The molecular formula is C22H20ClN3O3S. The van der Waals surface area contributed by atoms with Gasteiger partial charge in [-0.1, -0.05) is 41.6 Å². The van der Waals surface area contributed by atoms with Crippen molar-refractivity contribution in [3.63, 3.8) is 0 Å². The molecule has 0 saturated carbocycles. The van der Waals surface area contributed by atoms with Crippen LogP contribution in [-0.4, -0.2) is 31.2 Å². The monoisotopic (exact) mass is 441 g/mol. The summed E-state index contributed by atoms with van der Waals surface area (Å²) in [5.74, 6) is -0.187. The van der Waals surface area contributed by atoms with Gasteiger partial charge >= 0.3 is 0 Å². The maximum absolute atomic E-state index is 13.4. The number of rotatable bonds is 5. The first kappa shape index (κ1) is 21.8. The Morgan fingerprint density at radius 2 is 2.10 bits per heavy atom. The van der Waals surface area contributed by atoms with Crippen LogP contribution in [-0.2, 0) is 16.0 Å². The van der Waals surface area contributed by atoms with E-state index in [2.05, 4.69) is 5.32 Å². The molecule has 154 valence electrons. The minimum atomic E-state index is -0.542. The number of nitriles is 1. The van der Waals surface area contributed by atoms with Crippen molar-refractivity contribution in [2.75, 3.05) is 19.1 Å². The molecule has 3 rings (SSSR count). The van der Waals surface area contributed by atoms with Gasteiger partial charge in [0.25, 0.3) is 5.91 Å². The molecule has 0 spiro atoms. The van der Waals surface area contributed by atoms with Crippen molar-refractivity contribution in [3.05, 3.63) is 69.2 Å². The summed E-state index contributed by atoms with van der Waals surface area (Å²) in [6, 6.07) is 14.6. The fourth-order valence-corrected chi connectivity index (χ4v) is 4.59. The van der Waals surface area contributed by atoms with Gasteiger partial charge in [0.2, 0.25) is 5.91 Å². The molecule has 0 aliphatic carbocycles. The molecule has 0 radical (unpaired) electrons. The van der Waals surface area contributed by atoms with Crippen LogP contribution in [0.4, 0.5) is 5.69 Å². The molecular weight excluding hydrogens is 422 g/mol. The van der Waals surface area contributed by atoms with Gasteiger partial charge in [0.1, 0.15) is 22.4 Å². The number of carbonyl (C=O) groups is 2. The van der Waals surface area contributed by atoms with E-state index < -0.39 is 11.2 Å². The number of nitrogens with one attached hydrogen (secondary N) is 1. The van der Waals surface area contributed by atoms with E-state index in [1.54, 1.807) is 24.3 Å². The Balaban J connectivity index is 2.05. The second-order valence-electron chi connectivity index (χ2n) is 6.64. The minimum Gasteiger partial charge on any atom is -0.497 e. The van der Waals surface area contributed by atoms with Gasteiger partial charge in [0, 0.05) is 18.1 Å². The van der Waals surface area contributed by atoms with Crippen LogP contribution in [0, 0.1) is 18.3 Å². The lowest BCUT2D eigenvalue weighted by Crippen LogP contribution is -2.31. The van der Waals surface area contributed by atoms with Gasteiger partial charge in [-0.3, -0.25) is 14.5 Å². The standard InChI is InChI=1S/C22H20ClN3O3S/c1-13-7-8-14(9-18(13)23)10-19-21(28)26(15-5-4-6-16(11-15)29-3)22(30-19)17(12-24)20(27)25-2/h4-9,11,19H,10H2,1-3H3,(H,25,27). The number of amides is 2. The topological polar surface area (TPSA) is 82.4 Å². The van der Waals surface area contributed by atoms with Gasteiger partial charge in [-0.25, -0.2) is 0 Å². The molecule has 0 aromatic heterocycles. The highest BCUT2D eigenvalue weighted by molar-refractivity contribution is 8.05. The summed E-state index contributed by atoms with van der Waals surface area (Å²) in [6.07, 6.45) is 0.417. The molecule has 1 saturated heterocycles. The summed E-state index contributed by atoms with van der Waals surface area (Å²) < 4.78 is 5.27. The van der Waals surface area contributed by atoms with E-state index in [-0.39, 0.29) is 11.5 Å². The number of likely N-dealkylation sites (N-methyl/N-ethyl adjacent to an activating group) is 1. The minimum absolute atomic E-state index is 0.108. The third-order valence-corrected chi connectivity index (χ3v) is 6.37. The average Bonchev–Trinajstić information content (AvgIpc) is 3.06. The average molecular weight is 442 g/mol. The van der Waals surface area contributed by atoms with Crippen molar-refractivity contribution in [2.24, 2.45) is 0 Å². The highest BCUT2D eigenvalue weighted by atomic mass is 35.5. The predicted molar refractivity (Wildman–Crippen MR) is 118 cm³/mol. The number of thioether (sulfide) groups is 1. The number of halogens is 1. The number of aryl methyl sites for hydroxylation is 1. The molecule has 1 aliphatic heterocycles. The Kier molecular flexibility index (Phi) is 6.70. The molecule has 1 unspecified atom stereocenters. The Morgan fingerprint density at radius 3 is 2.73 bits per heavy atom. The molecule has 1 N–H and O–H groups in total. The van der Waals surface area contributed by atoms with E-state index >= 15 is 0 Å². The van der Waals surface area contributed by atoms with E-state index in [1.807, 2.05) is 31.2 Å². The lowest BCUT2D eigenvalue weighted by atomic mass is 10.1. The molecule has 30 heavy (non-hydrogen) atoms. The van der Waals surface area contributed by atoms with E-state index in [0.717, 1.165) is 11.1 Å². The largest absolute Gasteiger partial charge is 0.497 e. The third kappa shape index (κ3) is 4.30. The zero-order chi connectivity index (χ0) is 21.8. The highest BCUT2D eigenvalue weighted by Gasteiger charge is 2.40.